The van der Waals surface area contributed by atoms with E-state index in [9.17, 15) is 18.0 Å². The second kappa shape index (κ2) is 11.9. The van der Waals surface area contributed by atoms with E-state index >= 15 is 0 Å². The first-order valence-electron chi connectivity index (χ1n) is 11.9. The minimum Gasteiger partial charge on any atom is -0.457 e. The fourth-order valence-electron chi connectivity index (χ4n) is 3.92. The third kappa shape index (κ3) is 7.31. The summed E-state index contributed by atoms with van der Waals surface area (Å²) >= 11 is 0. The molecular weight excluding hydrogens is 494 g/mol. The molecule has 0 spiro atoms. The number of nitrogens with zero attached hydrogens (tertiary/aromatic N) is 1. The summed E-state index contributed by atoms with van der Waals surface area (Å²) < 4.78 is 37.3. The van der Waals surface area contributed by atoms with Gasteiger partial charge in [-0.15, -0.1) is 0 Å². The highest BCUT2D eigenvalue weighted by Gasteiger charge is 2.23. The van der Waals surface area contributed by atoms with Crippen molar-refractivity contribution in [1.82, 2.24) is 5.32 Å². The van der Waals surface area contributed by atoms with Gasteiger partial charge < -0.3 is 20.1 Å². The van der Waals surface area contributed by atoms with Crippen molar-refractivity contribution in [2.45, 2.75) is 18.9 Å². The molecule has 1 heterocycles. The molecule has 0 saturated carbocycles. The van der Waals surface area contributed by atoms with Crippen LogP contribution in [-0.4, -0.2) is 52.3 Å². The van der Waals surface area contributed by atoms with Crippen LogP contribution in [0.1, 0.15) is 23.2 Å². The van der Waals surface area contributed by atoms with E-state index in [-0.39, 0.29) is 23.3 Å². The van der Waals surface area contributed by atoms with E-state index in [1.165, 1.54) is 0 Å². The van der Waals surface area contributed by atoms with Gasteiger partial charge in [-0.25, -0.2) is 8.42 Å². The Balaban J connectivity index is 1.43. The monoisotopic (exact) mass is 523 g/mol. The van der Waals surface area contributed by atoms with Crippen molar-refractivity contribution >= 4 is 33.2 Å². The molecule has 37 heavy (non-hydrogen) atoms. The van der Waals surface area contributed by atoms with Crippen molar-refractivity contribution < 1.29 is 27.5 Å². The Morgan fingerprint density at radius 3 is 2.32 bits per heavy atom. The summed E-state index contributed by atoms with van der Waals surface area (Å²) in [7, 11) is -3.78. The molecule has 0 aliphatic carbocycles. The fraction of sp³-hybridized carbons (Fsp3) is 0.259. The molecule has 10 heteroatoms. The van der Waals surface area contributed by atoms with Gasteiger partial charge in [0, 0.05) is 13.2 Å². The number of amides is 2. The Kier molecular flexibility index (Phi) is 8.42. The highest BCUT2D eigenvalue weighted by Crippen LogP contribution is 2.26. The van der Waals surface area contributed by atoms with E-state index in [4.69, 9.17) is 9.47 Å². The highest BCUT2D eigenvalue weighted by atomic mass is 32.2. The molecule has 0 radical (unpaired) electrons. The van der Waals surface area contributed by atoms with Gasteiger partial charge in [0.15, 0.2) is 0 Å². The first-order chi connectivity index (χ1) is 17.8. The minimum absolute atomic E-state index is 0.0153. The van der Waals surface area contributed by atoms with E-state index in [2.05, 4.69) is 10.6 Å². The lowest BCUT2D eigenvalue weighted by Crippen LogP contribution is -2.38. The maximum atomic E-state index is 12.9. The Morgan fingerprint density at radius 2 is 1.65 bits per heavy atom. The van der Waals surface area contributed by atoms with Crippen LogP contribution < -0.4 is 19.7 Å². The smallest absolute Gasteiger partial charge is 0.253 e. The van der Waals surface area contributed by atoms with Crippen LogP contribution in [0.3, 0.4) is 0 Å². The van der Waals surface area contributed by atoms with Gasteiger partial charge in [0.25, 0.3) is 5.91 Å². The summed E-state index contributed by atoms with van der Waals surface area (Å²) in [4.78, 5) is 25.6. The Labute approximate surface area is 216 Å². The number of hydrogen-bond donors (Lipinski definition) is 2. The predicted octanol–water partition coefficient (Wildman–Crippen LogP) is 3.79. The van der Waals surface area contributed by atoms with Crippen LogP contribution in [0, 0.1) is 0 Å². The minimum atomic E-state index is -3.78. The number of sulfonamides is 1. The van der Waals surface area contributed by atoms with Crippen LogP contribution >= 0.6 is 0 Å². The molecular formula is C27H29N3O6S. The van der Waals surface area contributed by atoms with Gasteiger partial charge in [0.1, 0.15) is 18.0 Å². The molecule has 194 valence electrons. The van der Waals surface area contributed by atoms with Crippen LogP contribution in [0.2, 0.25) is 0 Å². The van der Waals surface area contributed by atoms with Gasteiger partial charge >= 0.3 is 0 Å². The lowest BCUT2D eigenvalue weighted by Gasteiger charge is -2.22. The van der Waals surface area contributed by atoms with E-state index in [1.807, 2.05) is 30.3 Å². The molecule has 1 fully saturated rings. The number of nitrogens with one attached hydrogen (secondary N) is 2. The van der Waals surface area contributed by atoms with Crippen LogP contribution in [0.15, 0.2) is 78.9 Å². The number of hydrogen-bond acceptors (Lipinski definition) is 6. The van der Waals surface area contributed by atoms with Crippen LogP contribution in [0.5, 0.6) is 11.5 Å². The van der Waals surface area contributed by atoms with E-state index < -0.39 is 22.5 Å². The molecule has 3 aromatic rings. The average molecular weight is 524 g/mol. The summed E-state index contributed by atoms with van der Waals surface area (Å²) in [6.45, 7) is 0.601. The molecule has 3 aromatic carbocycles. The molecule has 1 aliphatic rings. The Bertz CT molecular complexity index is 1320. The summed E-state index contributed by atoms with van der Waals surface area (Å²) in [6, 6.07) is 22.2. The van der Waals surface area contributed by atoms with Gasteiger partial charge in [0.2, 0.25) is 15.9 Å². The molecule has 1 saturated heterocycles. The molecule has 4 rings (SSSR count). The molecule has 1 atom stereocenters. The molecule has 2 amide bonds. The number of carbonyl (C=O) groups excluding carboxylic acids is 2. The van der Waals surface area contributed by atoms with Crippen molar-refractivity contribution in [3.63, 3.8) is 0 Å². The number of anilines is 2. The van der Waals surface area contributed by atoms with Crippen molar-refractivity contribution in [3.8, 4) is 11.5 Å². The number of rotatable bonds is 10. The number of para-hydroxylation sites is 2. The second-order valence-corrected chi connectivity index (χ2v) is 10.5. The first-order valence-corrected chi connectivity index (χ1v) is 13.7. The van der Waals surface area contributed by atoms with Crippen molar-refractivity contribution in [2.24, 2.45) is 0 Å². The summed E-state index contributed by atoms with van der Waals surface area (Å²) in [6.07, 6.45) is 2.87. The van der Waals surface area contributed by atoms with Crippen LogP contribution in [0.25, 0.3) is 0 Å². The fourth-order valence-corrected chi connectivity index (χ4v) is 4.78. The van der Waals surface area contributed by atoms with Gasteiger partial charge in [-0.1, -0.05) is 30.3 Å². The number of carbonyl (C=O) groups is 2. The predicted molar refractivity (Wildman–Crippen MR) is 142 cm³/mol. The average Bonchev–Trinajstić information content (AvgIpc) is 3.41. The van der Waals surface area contributed by atoms with E-state index in [0.717, 1.165) is 23.4 Å². The van der Waals surface area contributed by atoms with Gasteiger partial charge in [0.05, 0.1) is 29.3 Å². The van der Waals surface area contributed by atoms with Gasteiger partial charge in [-0.05, 0) is 61.4 Å². The van der Waals surface area contributed by atoms with E-state index in [1.54, 1.807) is 48.5 Å². The molecule has 0 unspecified atom stereocenters. The van der Waals surface area contributed by atoms with Crippen molar-refractivity contribution in [1.29, 1.82) is 0 Å². The van der Waals surface area contributed by atoms with Crippen molar-refractivity contribution in [2.75, 3.05) is 35.6 Å². The quantitative estimate of drug-likeness (QED) is 0.418. The zero-order valence-electron chi connectivity index (χ0n) is 20.4. The topological polar surface area (TPSA) is 114 Å². The third-order valence-corrected chi connectivity index (χ3v) is 6.89. The number of benzene rings is 3. The second-order valence-electron chi connectivity index (χ2n) is 8.62. The van der Waals surface area contributed by atoms with Crippen molar-refractivity contribution in [3.05, 3.63) is 84.4 Å². The lowest BCUT2D eigenvalue weighted by molar-refractivity contribution is -0.114. The first kappa shape index (κ1) is 26.2. The molecule has 0 bridgehead atoms. The Morgan fingerprint density at radius 1 is 0.973 bits per heavy atom. The van der Waals surface area contributed by atoms with Crippen LogP contribution in [0.4, 0.5) is 11.4 Å². The molecule has 9 nitrogen and oxygen atoms in total. The summed E-state index contributed by atoms with van der Waals surface area (Å²) in [5.41, 5.74) is 0.875. The SMILES string of the molecule is CS(=O)(=O)N(CC(=O)Nc1ccccc1C(=O)NC[C@H]1CCCO1)c1ccc(Oc2ccccc2)cc1. The van der Waals surface area contributed by atoms with E-state index in [0.29, 0.717) is 30.3 Å². The van der Waals surface area contributed by atoms with Gasteiger partial charge in [-0.3, -0.25) is 13.9 Å². The zero-order chi connectivity index (χ0) is 26.3. The standard InChI is InChI=1S/C27H29N3O6S/c1-37(33,34)30(20-13-15-22(16-14-20)36-21-8-3-2-4-9-21)19-26(31)29-25-12-6-5-11-24(25)27(32)28-18-23-10-7-17-35-23/h2-6,8-9,11-16,23H,7,10,17-19H2,1H3,(H,28,32)(H,29,31)/t23-/m1/s1. The Hall–Kier alpha value is -3.89. The van der Waals surface area contributed by atoms with Crippen LogP contribution in [-0.2, 0) is 19.6 Å². The zero-order valence-corrected chi connectivity index (χ0v) is 21.2. The van der Waals surface area contributed by atoms with Gasteiger partial charge in [-0.2, -0.15) is 0 Å². The summed E-state index contributed by atoms with van der Waals surface area (Å²) in [5.74, 6) is 0.235. The number of ether oxygens (including phenoxy) is 2. The highest BCUT2D eigenvalue weighted by molar-refractivity contribution is 7.92. The normalized spacial score (nSPS) is 15.1. The largest absolute Gasteiger partial charge is 0.457 e. The molecule has 1 aliphatic heterocycles. The maximum absolute atomic E-state index is 12.9. The lowest BCUT2D eigenvalue weighted by atomic mass is 10.1. The molecule has 2 N–H and O–H groups in total. The maximum Gasteiger partial charge on any atom is 0.253 e. The molecule has 0 aromatic heterocycles. The third-order valence-electron chi connectivity index (χ3n) is 5.75. The summed E-state index contributed by atoms with van der Waals surface area (Å²) in [5, 5.41) is 5.51.